The topological polar surface area (TPSA) is 74.8 Å². The standard InChI is InChI=1S/C102H150N6O6S6/c1-31-103(32-2)85(115)61-109-91-67-43-69-51-80(98(16,17)18)53-71(92(69)110-62-86(116)104(33-3)34-4)45-73-55-82(100(22,23)24)57-75(94(73)112-64-88(118)106(37-7)38-8)47-77-59-84(102(28,29)30)60-78(96(77)114-66-90(120)108(41-11)42-12)48-76-58-83(101(25,26)27)56-74(95(76)113-65-89(119)107(39-9)40-10)46-72-54-81(99(19,20)21)52-70(44-68(91)50-79(49-67)97(13,14)15)93(72)111-63-87(117)105(35-5)36-6/h49-60H,31-48,61-66H2,1-30H3. The van der Waals surface area contributed by atoms with E-state index >= 15 is 0 Å². The van der Waals surface area contributed by atoms with Crippen molar-refractivity contribution in [1.82, 2.24) is 29.4 Å². The van der Waals surface area contributed by atoms with E-state index in [0.29, 0.717) is 38.5 Å². The van der Waals surface area contributed by atoms with Gasteiger partial charge < -0.3 is 57.8 Å². The molecular formula is C102H150N6O6S6. The first-order chi connectivity index (χ1) is 56.2. The molecule has 7 rings (SSSR count). The highest BCUT2D eigenvalue weighted by atomic mass is 32.1. The molecule has 6 aromatic rings. The molecule has 0 unspecified atom stereocenters. The Morgan fingerprint density at radius 1 is 0.200 bits per heavy atom. The highest BCUT2D eigenvalue weighted by Crippen LogP contribution is 2.47. The summed E-state index contributed by atoms with van der Waals surface area (Å²) in [6.45, 7) is 77.6. The Morgan fingerprint density at radius 2 is 0.292 bits per heavy atom. The number of thiocarbonyl (C=S) groups is 6. The van der Waals surface area contributed by atoms with Gasteiger partial charge in [-0.3, -0.25) is 0 Å². The van der Waals surface area contributed by atoms with E-state index in [0.717, 1.165) is 243 Å². The van der Waals surface area contributed by atoms with Crippen LogP contribution in [0.5, 0.6) is 34.5 Å². The fraction of sp³-hybridized carbons (Fsp3) is 0.588. The van der Waals surface area contributed by atoms with Crippen LogP contribution in [-0.4, -0.2) is 178 Å². The van der Waals surface area contributed by atoms with Crippen molar-refractivity contribution in [3.63, 3.8) is 0 Å². The van der Waals surface area contributed by atoms with E-state index in [2.05, 4.69) is 310 Å². The smallest absolute Gasteiger partial charge is 0.138 e. The lowest BCUT2D eigenvalue weighted by Gasteiger charge is -2.30. The lowest BCUT2D eigenvalue weighted by atomic mass is 9.79. The maximum Gasteiger partial charge on any atom is 0.138 e. The van der Waals surface area contributed by atoms with E-state index < -0.39 is 0 Å². The summed E-state index contributed by atoms with van der Waals surface area (Å²) in [6.07, 6.45) is 2.57. The lowest BCUT2D eigenvalue weighted by molar-refractivity contribution is 0.336. The van der Waals surface area contributed by atoms with E-state index in [-0.39, 0.29) is 72.1 Å². The highest BCUT2D eigenvalue weighted by Gasteiger charge is 2.34. The Hall–Kier alpha value is -6.54. The predicted molar refractivity (Wildman–Crippen MR) is 534 cm³/mol. The van der Waals surface area contributed by atoms with E-state index in [1.54, 1.807) is 0 Å². The average molecular weight is 1750 g/mol. The minimum absolute atomic E-state index is 0.188. The molecule has 0 fully saturated rings. The Kier molecular flexibility index (Phi) is 36.4. The molecular weight excluding hydrogens is 1600 g/mol. The van der Waals surface area contributed by atoms with Gasteiger partial charge in [0, 0.05) is 117 Å². The summed E-state index contributed by atoms with van der Waals surface area (Å²) in [5.41, 5.74) is 17.1. The molecule has 12 nitrogen and oxygen atoms in total. The monoisotopic (exact) mass is 1750 g/mol. The third kappa shape index (κ3) is 26.3. The third-order valence-electron chi connectivity index (χ3n) is 23.7. The number of nitrogens with zero attached hydrogens (tertiary/aromatic N) is 6. The van der Waals surface area contributed by atoms with Crippen LogP contribution in [0.4, 0.5) is 0 Å². The molecule has 0 N–H and O–H groups in total. The van der Waals surface area contributed by atoms with E-state index in [1.807, 2.05) is 0 Å². The number of likely N-dealkylation sites (N-methyl/N-ethyl adjacent to an activating group) is 6. The zero-order chi connectivity index (χ0) is 89.5. The maximum absolute atomic E-state index is 7.62. The van der Waals surface area contributed by atoms with Gasteiger partial charge in [0.25, 0.3) is 0 Å². The normalized spacial score (nSPS) is 12.8. The summed E-state index contributed by atoms with van der Waals surface area (Å²) >= 11 is 38.5. The molecule has 0 radical (unpaired) electrons. The van der Waals surface area contributed by atoms with Crippen molar-refractivity contribution in [3.05, 3.63) is 173 Å². The summed E-state index contributed by atoms with van der Waals surface area (Å²) < 4.78 is 45.7. The molecule has 12 bridgehead atoms. The first-order valence-electron chi connectivity index (χ1n) is 44.6. The van der Waals surface area contributed by atoms with Crippen molar-refractivity contribution in [2.24, 2.45) is 0 Å². The third-order valence-corrected chi connectivity index (χ3v) is 25.9. The van der Waals surface area contributed by atoms with Crippen LogP contribution >= 0.6 is 73.3 Å². The summed E-state index contributed by atoms with van der Waals surface area (Å²) in [7, 11) is 0. The van der Waals surface area contributed by atoms with Gasteiger partial charge in [-0.05, 0) is 216 Å². The SMILES string of the molecule is CCN(CC)C(=S)COc1c2cc(C(C)(C)C)cc1Cc1cc(C(C)(C)C)cc(c1OCC(=S)N(CC)CC)Cc1cc(C(C)(C)C)cc(c1OCC(=S)N(CC)CC)Cc1cc(C(C)(C)C)cc(c1OCC(=S)N(CC)CC)Cc1cc(C(C)(C)C)cc(c1OCC(=S)N(CC)CC)Cc1cc(C(C)(C)C)cc(c1OCC(=S)N(CC)CC)C2. The number of fused-ring (bicyclic) bond motifs is 12. The molecule has 660 valence electrons. The first-order valence-corrected chi connectivity index (χ1v) is 47.0. The van der Waals surface area contributed by atoms with Gasteiger partial charge >= 0.3 is 0 Å². The molecule has 1 aliphatic carbocycles. The van der Waals surface area contributed by atoms with Crippen LogP contribution in [0.3, 0.4) is 0 Å². The van der Waals surface area contributed by atoms with Crippen LogP contribution in [0.2, 0.25) is 0 Å². The summed E-state index contributed by atoms with van der Waals surface area (Å²) in [6, 6.07) is 28.7. The van der Waals surface area contributed by atoms with Gasteiger partial charge in [-0.2, -0.15) is 0 Å². The van der Waals surface area contributed by atoms with Crippen molar-refractivity contribution in [2.45, 2.75) is 279 Å². The van der Waals surface area contributed by atoms with Gasteiger partial charge in [-0.15, -0.1) is 0 Å². The second-order valence-electron chi connectivity index (χ2n) is 38.4. The van der Waals surface area contributed by atoms with Gasteiger partial charge in [-0.25, -0.2) is 0 Å². The lowest BCUT2D eigenvalue weighted by Crippen LogP contribution is -2.33. The van der Waals surface area contributed by atoms with Crippen LogP contribution in [-0.2, 0) is 71.0 Å². The predicted octanol–water partition coefficient (Wildman–Crippen LogP) is 23.6. The van der Waals surface area contributed by atoms with Crippen molar-refractivity contribution in [3.8, 4) is 34.5 Å². The number of hydrogen-bond donors (Lipinski definition) is 0. The molecule has 0 amide bonds. The summed E-state index contributed by atoms with van der Waals surface area (Å²) in [5, 5.41) is 0. The second kappa shape index (κ2) is 43.4. The van der Waals surface area contributed by atoms with Crippen LogP contribution in [0, 0.1) is 0 Å². The van der Waals surface area contributed by atoms with Crippen molar-refractivity contribution in [2.75, 3.05) is 118 Å². The fourth-order valence-corrected chi connectivity index (χ4v) is 17.8. The molecule has 0 atom stereocenters. The Morgan fingerprint density at radius 3 is 0.367 bits per heavy atom. The quantitative estimate of drug-likeness (QED) is 0.0401. The van der Waals surface area contributed by atoms with E-state index in [4.69, 9.17) is 102 Å². The Balaban J connectivity index is 1.86. The Labute approximate surface area is 759 Å². The van der Waals surface area contributed by atoms with Crippen molar-refractivity contribution >= 4 is 103 Å². The van der Waals surface area contributed by atoms with Gasteiger partial charge in [0.05, 0.1) is 0 Å². The maximum atomic E-state index is 7.62. The molecule has 18 heteroatoms. The van der Waals surface area contributed by atoms with Crippen LogP contribution in [0.25, 0.3) is 0 Å². The van der Waals surface area contributed by atoms with E-state index in [9.17, 15) is 0 Å². The molecule has 0 aliphatic heterocycles. The molecule has 120 heavy (non-hydrogen) atoms. The van der Waals surface area contributed by atoms with Crippen molar-refractivity contribution < 1.29 is 28.4 Å². The molecule has 1 aliphatic rings. The van der Waals surface area contributed by atoms with Crippen LogP contribution < -0.4 is 28.4 Å². The molecule has 6 aromatic carbocycles. The summed E-state index contributed by atoms with van der Waals surface area (Å²) in [5.74, 6) is 4.62. The number of benzene rings is 6. The van der Waals surface area contributed by atoms with Gasteiger partial charge in [0.15, 0.2) is 0 Å². The number of hydrogen-bond acceptors (Lipinski definition) is 12. The van der Waals surface area contributed by atoms with Crippen molar-refractivity contribution in [1.29, 1.82) is 0 Å². The zero-order valence-corrected chi connectivity index (χ0v) is 84.4. The summed E-state index contributed by atoms with van der Waals surface area (Å²) in [4.78, 5) is 17.7. The van der Waals surface area contributed by atoms with Crippen LogP contribution in [0.1, 0.15) is 308 Å². The molecule has 0 saturated heterocycles. The zero-order valence-electron chi connectivity index (χ0n) is 79.5. The van der Waals surface area contributed by atoms with Gasteiger partial charge in [-0.1, -0.05) is 271 Å². The average Bonchev–Trinajstić information content (AvgIpc) is 0.759. The van der Waals surface area contributed by atoms with E-state index in [1.165, 1.54) is 0 Å². The highest BCUT2D eigenvalue weighted by molar-refractivity contribution is 7.81. The molecule has 0 heterocycles. The minimum Gasteiger partial charge on any atom is -0.486 e. The fourth-order valence-electron chi connectivity index (χ4n) is 15.9. The second-order valence-corrected chi connectivity index (χ2v) is 41.3. The molecule has 0 aromatic heterocycles. The largest absolute Gasteiger partial charge is 0.486 e. The molecule has 0 spiro atoms. The minimum atomic E-state index is -0.332. The van der Waals surface area contributed by atoms with Crippen LogP contribution in [0.15, 0.2) is 72.8 Å². The van der Waals surface area contributed by atoms with Gasteiger partial charge in [0.2, 0.25) is 0 Å². The van der Waals surface area contributed by atoms with Gasteiger partial charge in [0.1, 0.15) is 104 Å². The molecule has 0 saturated carbocycles. The number of ether oxygens (including phenoxy) is 6. The Bertz CT molecular complexity index is 3680. The first kappa shape index (κ1) is 101. The number of rotatable bonds is 30.